The average molecular weight is 502 g/mol. The third-order valence-corrected chi connectivity index (χ3v) is 5.81. The van der Waals surface area contributed by atoms with Crippen LogP contribution in [-0.4, -0.2) is 32.6 Å². The van der Waals surface area contributed by atoms with Gasteiger partial charge in [-0.2, -0.15) is 5.26 Å². The maximum atomic E-state index is 12.1. The molecule has 0 saturated heterocycles. The van der Waals surface area contributed by atoms with Crippen LogP contribution in [0.15, 0.2) is 28.7 Å². The highest BCUT2D eigenvalue weighted by Gasteiger charge is 2.39. The Hall–Kier alpha value is -3.29. The molecule has 6 N–H and O–H groups in total. The van der Waals surface area contributed by atoms with E-state index >= 15 is 0 Å². The van der Waals surface area contributed by atoms with E-state index in [0.717, 1.165) is 5.56 Å². The molecule has 1 amide bonds. The van der Waals surface area contributed by atoms with Crippen molar-refractivity contribution >= 4 is 39.1 Å². The molecule has 0 fully saturated rings. The molecule has 2 aromatic carbocycles. The van der Waals surface area contributed by atoms with Gasteiger partial charge in [-0.25, -0.2) is 0 Å². The second-order valence-corrected chi connectivity index (χ2v) is 8.03. The quantitative estimate of drug-likeness (QED) is 0.423. The highest BCUT2D eigenvalue weighted by Crippen LogP contribution is 2.49. The molecule has 3 rings (SSSR count). The summed E-state index contributed by atoms with van der Waals surface area (Å²) in [4.78, 5) is 12.1. The van der Waals surface area contributed by atoms with E-state index in [9.17, 15) is 10.1 Å². The molecule has 0 bridgehead atoms. The van der Waals surface area contributed by atoms with Crippen molar-refractivity contribution in [2.75, 3.05) is 31.8 Å². The topological polar surface area (TPSA) is 156 Å². The summed E-state index contributed by atoms with van der Waals surface area (Å²) in [6.45, 7) is 0.408. The van der Waals surface area contributed by atoms with Crippen molar-refractivity contribution in [2.45, 2.75) is 18.8 Å². The van der Waals surface area contributed by atoms with Crippen molar-refractivity contribution < 1.29 is 19.0 Å². The van der Waals surface area contributed by atoms with Crippen molar-refractivity contribution in [1.29, 1.82) is 10.7 Å². The molecule has 0 aliphatic carbocycles. The van der Waals surface area contributed by atoms with Crippen molar-refractivity contribution in [1.82, 2.24) is 0 Å². The van der Waals surface area contributed by atoms with E-state index in [1.165, 1.54) is 14.2 Å². The number of hydrogen-bond acceptors (Lipinski definition) is 8. The molecule has 0 radical (unpaired) electrons. The van der Waals surface area contributed by atoms with Gasteiger partial charge in [0, 0.05) is 17.9 Å². The van der Waals surface area contributed by atoms with Crippen molar-refractivity contribution in [3.05, 3.63) is 39.9 Å². The lowest BCUT2D eigenvalue weighted by Crippen LogP contribution is -2.31. The number of halogens is 1. The predicted molar refractivity (Wildman–Crippen MR) is 124 cm³/mol. The molecule has 2 unspecified atom stereocenters. The Bertz CT molecular complexity index is 1100. The summed E-state index contributed by atoms with van der Waals surface area (Å²) in [5, 5.41) is 20.9. The van der Waals surface area contributed by atoms with E-state index in [1.807, 2.05) is 6.07 Å². The molecule has 2 aromatic rings. The standard InChI is InChI=1S/C22H24BrN5O4/c1-30-16-9-11(8-14(23)21(16)31-2)18-12-5-6-15(28-17(29)4-3-7-24)19(26)20(12)32-22(27)13(18)10-25/h5-6,8-9,13,18,27H,3-4,7,24,26H2,1-2H3,(H,28,29). The Kier molecular flexibility index (Phi) is 7.22. The van der Waals surface area contributed by atoms with Gasteiger partial charge in [-0.1, -0.05) is 6.07 Å². The molecule has 0 spiro atoms. The molecular formula is C22H24BrN5O4. The molecule has 9 nitrogen and oxygen atoms in total. The number of nitrogen functional groups attached to an aromatic ring is 1. The molecule has 168 valence electrons. The van der Waals surface area contributed by atoms with Gasteiger partial charge in [0.05, 0.1) is 36.1 Å². The zero-order chi connectivity index (χ0) is 23.4. The lowest BCUT2D eigenvalue weighted by atomic mass is 9.78. The van der Waals surface area contributed by atoms with Crippen LogP contribution in [-0.2, 0) is 4.79 Å². The second-order valence-electron chi connectivity index (χ2n) is 7.17. The SMILES string of the molecule is COc1cc(C2c3ccc(NC(=O)CCCN)c(N)c3OC(=N)C2C#N)cc(Br)c1OC. The number of anilines is 2. The minimum atomic E-state index is -0.878. The number of fused-ring (bicyclic) bond motifs is 1. The predicted octanol–water partition coefficient (Wildman–Crippen LogP) is 3.37. The first-order chi connectivity index (χ1) is 15.4. The second kappa shape index (κ2) is 9.89. The van der Waals surface area contributed by atoms with Crippen LogP contribution >= 0.6 is 15.9 Å². The first-order valence-corrected chi connectivity index (χ1v) is 10.6. The summed E-state index contributed by atoms with van der Waals surface area (Å²) in [6, 6.07) is 9.16. The number of benzene rings is 2. The Morgan fingerprint density at radius 1 is 1.34 bits per heavy atom. The van der Waals surface area contributed by atoms with Gasteiger partial charge >= 0.3 is 0 Å². The molecular weight excluding hydrogens is 478 g/mol. The lowest BCUT2D eigenvalue weighted by molar-refractivity contribution is -0.116. The lowest BCUT2D eigenvalue weighted by Gasteiger charge is -2.32. The fourth-order valence-corrected chi connectivity index (χ4v) is 4.31. The molecule has 1 aliphatic rings. The highest BCUT2D eigenvalue weighted by atomic mass is 79.9. The number of methoxy groups -OCH3 is 2. The maximum Gasteiger partial charge on any atom is 0.224 e. The van der Waals surface area contributed by atoms with Crippen LogP contribution in [0.4, 0.5) is 11.4 Å². The average Bonchev–Trinajstić information content (AvgIpc) is 2.78. The zero-order valence-electron chi connectivity index (χ0n) is 17.7. The Morgan fingerprint density at radius 3 is 2.72 bits per heavy atom. The number of carbonyl (C=O) groups is 1. The summed E-state index contributed by atoms with van der Waals surface area (Å²) in [5.41, 5.74) is 13.7. The number of nitrogens with one attached hydrogen (secondary N) is 2. The Labute approximate surface area is 194 Å². The van der Waals surface area contributed by atoms with Crippen LogP contribution < -0.4 is 31.0 Å². The third kappa shape index (κ3) is 4.35. The van der Waals surface area contributed by atoms with Gasteiger partial charge < -0.3 is 31.0 Å². The van der Waals surface area contributed by atoms with Crippen molar-refractivity contribution in [2.24, 2.45) is 11.7 Å². The fraction of sp³-hybridized carbons (Fsp3) is 0.318. The number of ether oxygens (including phenoxy) is 3. The minimum absolute atomic E-state index is 0.189. The van der Waals surface area contributed by atoms with Gasteiger partial charge in [0.1, 0.15) is 5.92 Å². The van der Waals surface area contributed by atoms with Gasteiger partial charge in [-0.3, -0.25) is 10.2 Å². The largest absolute Gasteiger partial charge is 0.493 e. The van der Waals surface area contributed by atoms with E-state index in [-0.39, 0.29) is 29.7 Å². The van der Waals surface area contributed by atoms with Gasteiger partial charge in [-0.05, 0) is 52.7 Å². The number of rotatable bonds is 7. The first kappa shape index (κ1) is 23.4. The number of hydrogen-bond donors (Lipinski definition) is 4. The number of nitrogens with zero attached hydrogens (tertiary/aromatic N) is 1. The number of nitriles is 1. The minimum Gasteiger partial charge on any atom is -0.493 e. The zero-order valence-corrected chi connectivity index (χ0v) is 19.3. The van der Waals surface area contributed by atoms with Crippen LogP contribution in [0.2, 0.25) is 0 Å². The van der Waals surface area contributed by atoms with E-state index in [0.29, 0.717) is 40.2 Å². The monoisotopic (exact) mass is 501 g/mol. The van der Waals surface area contributed by atoms with Gasteiger partial charge in [-0.15, -0.1) is 0 Å². The molecule has 32 heavy (non-hydrogen) atoms. The molecule has 1 heterocycles. The summed E-state index contributed by atoms with van der Waals surface area (Å²) in [5.74, 6) is -0.632. The van der Waals surface area contributed by atoms with Crippen molar-refractivity contribution in [3.63, 3.8) is 0 Å². The summed E-state index contributed by atoms with van der Waals surface area (Å²) in [7, 11) is 3.05. The van der Waals surface area contributed by atoms with E-state index in [2.05, 4.69) is 27.3 Å². The maximum absolute atomic E-state index is 12.1. The van der Waals surface area contributed by atoms with Gasteiger partial charge in [0.2, 0.25) is 11.8 Å². The Balaban J connectivity index is 2.11. The number of nitrogens with two attached hydrogens (primary N) is 2. The molecule has 0 saturated carbocycles. The first-order valence-electron chi connectivity index (χ1n) is 9.85. The molecule has 10 heteroatoms. The molecule has 1 aliphatic heterocycles. The molecule has 0 aromatic heterocycles. The smallest absolute Gasteiger partial charge is 0.224 e. The summed E-state index contributed by atoms with van der Waals surface area (Å²) in [6.07, 6.45) is 0.820. The van der Waals surface area contributed by atoms with E-state index in [4.69, 9.17) is 31.1 Å². The number of amides is 1. The van der Waals surface area contributed by atoms with Gasteiger partial charge in [0.15, 0.2) is 17.2 Å². The van der Waals surface area contributed by atoms with E-state index in [1.54, 1.807) is 18.2 Å². The summed E-state index contributed by atoms with van der Waals surface area (Å²) < 4.78 is 17.1. The third-order valence-electron chi connectivity index (χ3n) is 5.23. The van der Waals surface area contributed by atoms with Crippen LogP contribution in [0.25, 0.3) is 0 Å². The van der Waals surface area contributed by atoms with Crippen molar-refractivity contribution in [3.8, 4) is 23.3 Å². The fourth-order valence-electron chi connectivity index (χ4n) is 3.69. The van der Waals surface area contributed by atoms with Crippen LogP contribution in [0.5, 0.6) is 17.2 Å². The highest BCUT2D eigenvalue weighted by molar-refractivity contribution is 9.10. The number of carbonyl (C=O) groups excluding carboxylic acids is 1. The van der Waals surface area contributed by atoms with Crippen LogP contribution in [0.1, 0.15) is 29.9 Å². The molecule has 2 atom stereocenters. The van der Waals surface area contributed by atoms with E-state index < -0.39 is 11.8 Å². The Morgan fingerprint density at radius 2 is 2.09 bits per heavy atom. The van der Waals surface area contributed by atoms with Crippen LogP contribution in [0, 0.1) is 22.7 Å². The summed E-state index contributed by atoms with van der Waals surface area (Å²) >= 11 is 3.48. The van der Waals surface area contributed by atoms with Gasteiger partial charge in [0.25, 0.3) is 0 Å². The van der Waals surface area contributed by atoms with Crippen LogP contribution in [0.3, 0.4) is 0 Å². The normalized spacial score (nSPS) is 17.0.